The molecule has 0 saturated heterocycles. The van der Waals surface area contributed by atoms with Gasteiger partial charge in [0.05, 0.1) is 34.9 Å². The van der Waals surface area contributed by atoms with Gasteiger partial charge in [-0.2, -0.15) is 15.8 Å². The Kier molecular flexibility index (Phi) is 5.56. The molecule has 0 aliphatic carbocycles. The molecule has 2 aromatic heterocycles. The number of para-hydroxylation sites is 3. The van der Waals surface area contributed by atoms with Gasteiger partial charge in [0.15, 0.2) is 0 Å². The zero-order chi connectivity index (χ0) is 29.8. The summed E-state index contributed by atoms with van der Waals surface area (Å²) in [5.74, 6) is 0. The van der Waals surface area contributed by atoms with Gasteiger partial charge in [-0.1, -0.05) is 66.7 Å². The molecule has 8 rings (SSSR count). The van der Waals surface area contributed by atoms with Crippen molar-refractivity contribution in [1.82, 2.24) is 0 Å². The Morgan fingerprint density at radius 2 is 1.02 bits per heavy atom. The van der Waals surface area contributed by atoms with E-state index in [1.165, 1.54) is 12.1 Å². The average Bonchev–Trinajstić information content (AvgIpc) is 3.66. The Labute approximate surface area is 251 Å². The Hall–Kier alpha value is -6.61. The third kappa shape index (κ3) is 3.77. The molecule has 0 bridgehead atoms. The zero-order valence-corrected chi connectivity index (χ0v) is 23.1. The van der Waals surface area contributed by atoms with Crippen LogP contribution in [0.3, 0.4) is 0 Å². The second-order valence-electron chi connectivity index (χ2n) is 10.6. The molecule has 0 unspecified atom stereocenters. The number of fused-ring (bicyclic) bond motifs is 6. The summed E-state index contributed by atoms with van der Waals surface area (Å²) in [5.41, 5.74) is 8.67. The van der Waals surface area contributed by atoms with Crippen molar-refractivity contribution >= 4 is 43.9 Å². The van der Waals surface area contributed by atoms with E-state index in [4.69, 9.17) is 8.83 Å². The van der Waals surface area contributed by atoms with Crippen molar-refractivity contribution in [2.45, 2.75) is 0 Å². The molecule has 0 aliphatic rings. The maximum absolute atomic E-state index is 10.2. The molecule has 0 fully saturated rings. The smallest absolute Gasteiger partial charge is 0.143 e. The number of hydrogen-bond donors (Lipinski definition) is 0. The van der Waals surface area contributed by atoms with E-state index in [2.05, 4.69) is 36.4 Å². The summed E-state index contributed by atoms with van der Waals surface area (Å²) in [7, 11) is 0. The van der Waals surface area contributed by atoms with Crippen molar-refractivity contribution in [3.05, 3.63) is 132 Å². The molecule has 5 heteroatoms. The minimum absolute atomic E-state index is 0.262. The summed E-state index contributed by atoms with van der Waals surface area (Å²) >= 11 is 0. The van der Waals surface area contributed by atoms with Crippen molar-refractivity contribution in [3.63, 3.8) is 0 Å². The summed E-state index contributed by atoms with van der Waals surface area (Å²) in [6.45, 7) is 0. The third-order valence-corrected chi connectivity index (χ3v) is 8.16. The topological polar surface area (TPSA) is 97.7 Å². The quantitative estimate of drug-likeness (QED) is 0.214. The molecule has 6 aromatic carbocycles. The number of nitriles is 3. The van der Waals surface area contributed by atoms with Crippen LogP contribution in [0.1, 0.15) is 16.7 Å². The molecular weight excluding hydrogens is 542 g/mol. The van der Waals surface area contributed by atoms with Gasteiger partial charge in [-0.3, -0.25) is 0 Å². The van der Waals surface area contributed by atoms with Crippen LogP contribution in [0.2, 0.25) is 0 Å². The molecule has 0 spiro atoms. The van der Waals surface area contributed by atoms with Gasteiger partial charge in [0.25, 0.3) is 0 Å². The number of rotatable bonds is 3. The van der Waals surface area contributed by atoms with Gasteiger partial charge in [0.2, 0.25) is 0 Å². The Morgan fingerprint density at radius 3 is 1.75 bits per heavy atom. The maximum Gasteiger partial charge on any atom is 0.143 e. The fraction of sp³-hybridized carbons (Fsp3) is 0. The second-order valence-corrected chi connectivity index (χ2v) is 10.6. The van der Waals surface area contributed by atoms with E-state index in [1.807, 2.05) is 84.9 Å². The van der Waals surface area contributed by atoms with E-state index in [1.54, 1.807) is 0 Å². The van der Waals surface area contributed by atoms with Crippen LogP contribution in [0.25, 0.3) is 77.3 Å². The molecule has 0 N–H and O–H groups in total. The van der Waals surface area contributed by atoms with E-state index in [9.17, 15) is 15.8 Å². The molecule has 0 aliphatic heterocycles. The summed E-state index contributed by atoms with van der Waals surface area (Å²) in [5, 5.41) is 33.9. The molecular formula is C39H19N3O2. The van der Waals surface area contributed by atoms with Crippen molar-refractivity contribution in [3.8, 4) is 51.6 Å². The molecule has 0 atom stereocenters. The van der Waals surface area contributed by atoms with Crippen LogP contribution in [0.15, 0.2) is 124 Å². The lowest BCUT2D eigenvalue weighted by Gasteiger charge is -2.14. The van der Waals surface area contributed by atoms with Crippen LogP contribution in [0.4, 0.5) is 0 Å². The summed E-state index contributed by atoms with van der Waals surface area (Å²) in [6, 6.07) is 43.7. The molecule has 44 heavy (non-hydrogen) atoms. The monoisotopic (exact) mass is 561 g/mol. The molecule has 0 radical (unpaired) electrons. The number of furan rings is 2. The molecule has 0 saturated carbocycles. The van der Waals surface area contributed by atoms with Crippen LogP contribution in [-0.4, -0.2) is 0 Å². The molecule has 202 valence electrons. The lowest BCUT2D eigenvalue weighted by molar-refractivity contribution is 0.669. The standard InChI is InChI=1S/C39H19N3O2/c40-20-23-15-27(21-41)37(28(16-23)22-42)26-18-24(29-9-6-14-36-38(29)33-8-2-4-13-35(33)43-36)17-25(19-26)30-10-5-11-32-31-7-1-3-12-34(31)44-39(30)32/h1-19H. The lowest BCUT2D eigenvalue weighted by atomic mass is 9.87. The van der Waals surface area contributed by atoms with E-state index < -0.39 is 0 Å². The van der Waals surface area contributed by atoms with Crippen LogP contribution < -0.4 is 0 Å². The van der Waals surface area contributed by atoms with Crippen LogP contribution in [0.5, 0.6) is 0 Å². The minimum atomic E-state index is 0.262. The first-order chi connectivity index (χ1) is 21.7. The fourth-order valence-corrected chi connectivity index (χ4v) is 6.27. The highest BCUT2D eigenvalue weighted by Gasteiger charge is 2.20. The van der Waals surface area contributed by atoms with E-state index in [0.717, 1.165) is 66.1 Å². The normalized spacial score (nSPS) is 11.1. The van der Waals surface area contributed by atoms with Crippen LogP contribution in [0, 0.1) is 34.0 Å². The van der Waals surface area contributed by atoms with Gasteiger partial charge >= 0.3 is 0 Å². The highest BCUT2D eigenvalue weighted by Crippen LogP contribution is 2.43. The van der Waals surface area contributed by atoms with Gasteiger partial charge in [-0.15, -0.1) is 0 Å². The summed E-state index contributed by atoms with van der Waals surface area (Å²) in [6.07, 6.45) is 0. The lowest BCUT2D eigenvalue weighted by Crippen LogP contribution is -1.94. The van der Waals surface area contributed by atoms with E-state index >= 15 is 0 Å². The Balaban J connectivity index is 1.48. The summed E-state index contributed by atoms with van der Waals surface area (Å²) < 4.78 is 12.6. The molecule has 5 nitrogen and oxygen atoms in total. The molecule has 0 amide bonds. The number of nitrogens with zero attached hydrogens (tertiary/aromatic N) is 3. The first-order valence-electron chi connectivity index (χ1n) is 14.0. The van der Waals surface area contributed by atoms with Crippen molar-refractivity contribution in [2.75, 3.05) is 0 Å². The largest absolute Gasteiger partial charge is 0.456 e. The number of benzene rings is 6. The first-order valence-corrected chi connectivity index (χ1v) is 14.0. The van der Waals surface area contributed by atoms with Gasteiger partial charge in [-0.25, -0.2) is 0 Å². The molecule has 2 heterocycles. The Morgan fingerprint density at radius 1 is 0.455 bits per heavy atom. The van der Waals surface area contributed by atoms with E-state index in [-0.39, 0.29) is 16.7 Å². The predicted octanol–water partition coefficient (Wildman–Crippen LogP) is 10.1. The minimum Gasteiger partial charge on any atom is -0.456 e. The van der Waals surface area contributed by atoms with Gasteiger partial charge < -0.3 is 8.83 Å². The van der Waals surface area contributed by atoms with E-state index in [0.29, 0.717) is 11.1 Å². The average molecular weight is 562 g/mol. The molecule has 8 aromatic rings. The summed E-state index contributed by atoms with van der Waals surface area (Å²) in [4.78, 5) is 0. The van der Waals surface area contributed by atoms with Gasteiger partial charge in [-0.05, 0) is 70.8 Å². The maximum atomic E-state index is 10.2. The second kappa shape index (κ2) is 9.74. The van der Waals surface area contributed by atoms with Crippen molar-refractivity contribution in [1.29, 1.82) is 15.8 Å². The highest BCUT2D eigenvalue weighted by molar-refractivity contribution is 6.13. The highest BCUT2D eigenvalue weighted by atomic mass is 16.3. The van der Waals surface area contributed by atoms with Crippen molar-refractivity contribution in [2.24, 2.45) is 0 Å². The Bertz CT molecular complexity index is 2570. The SMILES string of the molecule is N#Cc1cc(C#N)c(-c2cc(-c3cccc4c3oc3ccccc34)cc(-c3cccc4oc5ccccc5c34)c2)c(C#N)c1. The third-order valence-electron chi connectivity index (χ3n) is 8.16. The van der Waals surface area contributed by atoms with Crippen LogP contribution >= 0.6 is 0 Å². The fourth-order valence-electron chi connectivity index (χ4n) is 6.27. The van der Waals surface area contributed by atoms with Crippen molar-refractivity contribution < 1.29 is 8.83 Å². The van der Waals surface area contributed by atoms with Crippen LogP contribution in [-0.2, 0) is 0 Å². The van der Waals surface area contributed by atoms with Gasteiger partial charge in [0.1, 0.15) is 22.3 Å². The zero-order valence-electron chi connectivity index (χ0n) is 23.1. The predicted molar refractivity (Wildman–Crippen MR) is 171 cm³/mol. The van der Waals surface area contributed by atoms with Gasteiger partial charge in [0, 0.05) is 32.7 Å². The number of hydrogen-bond acceptors (Lipinski definition) is 5. The first kappa shape index (κ1) is 25.1.